The van der Waals surface area contributed by atoms with Crippen molar-refractivity contribution in [1.29, 1.82) is 0 Å². The summed E-state index contributed by atoms with van der Waals surface area (Å²) in [4.78, 5) is 23.6. The Kier molecular flexibility index (Phi) is 3.95. The lowest BCUT2D eigenvalue weighted by atomic mass is 10.2. The predicted molar refractivity (Wildman–Crippen MR) is 71.9 cm³/mol. The van der Waals surface area contributed by atoms with Crippen LogP contribution in [0.4, 0.5) is 5.69 Å². The normalized spacial score (nSPS) is 15.7. The van der Waals surface area contributed by atoms with Crippen molar-refractivity contribution in [2.75, 3.05) is 5.73 Å². The van der Waals surface area contributed by atoms with Gasteiger partial charge in [0, 0.05) is 11.7 Å². The van der Waals surface area contributed by atoms with Gasteiger partial charge in [0.15, 0.2) is 6.10 Å². The van der Waals surface area contributed by atoms with Crippen LogP contribution in [-0.2, 0) is 9.53 Å². The number of halogens is 1. The molecule has 0 radical (unpaired) electrons. The van der Waals surface area contributed by atoms with Crippen molar-refractivity contribution in [3.05, 3.63) is 28.8 Å². The van der Waals surface area contributed by atoms with Crippen LogP contribution in [0.2, 0.25) is 5.02 Å². The minimum atomic E-state index is -0.872. The van der Waals surface area contributed by atoms with Gasteiger partial charge in [0.25, 0.3) is 5.91 Å². The number of nitrogen functional groups attached to an aromatic ring is 1. The molecule has 1 atom stereocenters. The molecule has 1 unspecified atom stereocenters. The molecule has 19 heavy (non-hydrogen) atoms. The second-order valence-electron chi connectivity index (χ2n) is 4.53. The maximum atomic E-state index is 11.9. The summed E-state index contributed by atoms with van der Waals surface area (Å²) in [7, 11) is 0. The van der Waals surface area contributed by atoms with E-state index in [1.165, 1.54) is 6.92 Å². The number of carbonyl (C=O) groups excluding carboxylic acids is 2. The van der Waals surface area contributed by atoms with Crippen LogP contribution in [0.5, 0.6) is 0 Å². The highest BCUT2D eigenvalue weighted by molar-refractivity contribution is 6.34. The van der Waals surface area contributed by atoms with Crippen LogP contribution in [0, 0.1) is 0 Å². The number of benzene rings is 1. The third kappa shape index (κ3) is 3.38. The lowest BCUT2D eigenvalue weighted by Crippen LogP contribution is -2.37. The number of rotatable bonds is 4. The van der Waals surface area contributed by atoms with Gasteiger partial charge in [-0.15, -0.1) is 0 Å². The summed E-state index contributed by atoms with van der Waals surface area (Å²) >= 11 is 5.90. The van der Waals surface area contributed by atoms with E-state index in [0.717, 1.165) is 12.8 Å². The van der Waals surface area contributed by atoms with Crippen molar-refractivity contribution >= 4 is 29.2 Å². The quantitative estimate of drug-likeness (QED) is 0.651. The highest BCUT2D eigenvalue weighted by Crippen LogP contribution is 2.23. The average Bonchev–Trinajstić information content (AvgIpc) is 3.12. The van der Waals surface area contributed by atoms with Gasteiger partial charge in [0.2, 0.25) is 0 Å². The second-order valence-corrected chi connectivity index (χ2v) is 4.94. The summed E-state index contributed by atoms with van der Waals surface area (Å²) < 4.78 is 5.07. The molecule has 0 saturated heterocycles. The summed E-state index contributed by atoms with van der Waals surface area (Å²) in [6, 6.07) is 4.96. The Morgan fingerprint density at radius 2 is 2.16 bits per heavy atom. The summed E-state index contributed by atoms with van der Waals surface area (Å²) in [5.74, 6) is -0.997. The molecule has 0 bridgehead atoms. The van der Waals surface area contributed by atoms with Crippen LogP contribution >= 0.6 is 11.6 Å². The van der Waals surface area contributed by atoms with E-state index in [-0.39, 0.29) is 28.2 Å². The van der Waals surface area contributed by atoms with Crippen LogP contribution in [0.3, 0.4) is 0 Å². The number of anilines is 1. The number of ether oxygens (including phenoxy) is 1. The van der Waals surface area contributed by atoms with Crippen LogP contribution in [0.1, 0.15) is 30.1 Å². The van der Waals surface area contributed by atoms with E-state index in [4.69, 9.17) is 22.1 Å². The Morgan fingerprint density at radius 3 is 2.74 bits per heavy atom. The maximum Gasteiger partial charge on any atom is 0.342 e. The van der Waals surface area contributed by atoms with E-state index in [9.17, 15) is 9.59 Å². The molecule has 1 aromatic rings. The van der Waals surface area contributed by atoms with Gasteiger partial charge in [0.05, 0.1) is 5.02 Å². The number of nitrogens with one attached hydrogen (secondary N) is 1. The molecule has 6 heteroatoms. The first-order valence-electron chi connectivity index (χ1n) is 6.04. The third-order valence-electron chi connectivity index (χ3n) is 2.83. The van der Waals surface area contributed by atoms with Gasteiger partial charge < -0.3 is 15.8 Å². The minimum absolute atomic E-state index is 0.0928. The molecule has 1 amide bonds. The third-order valence-corrected chi connectivity index (χ3v) is 3.14. The van der Waals surface area contributed by atoms with Crippen LogP contribution in [0.25, 0.3) is 0 Å². The molecule has 102 valence electrons. The first-order chi connectivity index (χ1) is 8.99. The molecule has 0 aromatic heterocycles. The maximum absolute atomic E-state index is 11.9. The van der Waals surface area contributed by atoms with Gasteiger partial charge in [-0.2, -0.15) is 0 Å². The SMILES string of the molecule is CC(OC(=O)c1c(N)cccc1Cl)C(=O)NC1CC1. The van der Waals surface area contributed by atoms with Crippen LogP contribution < -0.4 is 11.1 Å². The Bertz CT molecular complexity index is 494. The Labute approximate surface area is 116 Å². The first-order valence-corrected chi connectivity index (χ1v) is 6.42. The molecule has 1 aromatic carbocycles. The summed E-state index contributed by atoms with van der Waals surface area (Å²) in [6.07, 6.45) is 1.08. The molecule has 2 rings (SSSR count). The average molecular weight is 283 g/mol. The number of carbonyl (C=O) groups is 2. The topological polar surface area (TPSA) is 81.4 Å². The van der Waals surface area contributed by atoms with E-state index in [0.29, 0.717) is 0 Å². The van der Waals surface area contributed by atoms with E-state index >= 15 is 0 Å². The van der Waals surface area contributed by atoms with Crippen molar-refractivity contribution in [3.8, 4) is 0 Å². The van der Waals surface area contributed by atoms with Gasteiger partial charge in [-0.1, -0.05) is 17.7 Å². The van der Waals surface area contributed by atoms with Gasteiger partial charge >= 0.3 is 5.97 Å². The molecule has 5 nitrogen and oxygen atoms in total. The highest BCUT2D eigenvalue weighted by atomic mass is 35.5. The van der Waals surface area contributed by atoms with Gasteiger partial charge in [-0.25, -0.2) is 4.79 Å². The molecule has 3 N–H and O–H groups in total. The zero-order chi connectivity index (χ0) is 14.0. The van der Waals surface area contributed by atoms with Gasteiger partial charge in [-0.3, -0.25) is 4.79 Å². The predicted octanol–water partition coefficient (Wildman–Crippen LogP) is 1.75. The van der Waals surface area contributed by atoms with Gasteiger partial charge in [-0.05, 0) is 31.9 Å². The lowest BCUT2D eigenvalue weighted by molar-refractivity contribution is -0.129. The Balaban J connectivity index is 2.01. The smallest absolute Gasteiger partial charge is 0.342 e. The van der Waals surface area contributed by atoms with Crippen molar-refractivity contribution < 1.29 is 14.3 Å². The number of hydrogen-bond donors (Lipinski definition) is 2. The summed E-state index contributed by atoms with van der Waals surface area (Å²) in [5.41, 5.74) is 6.00. The van der Waals surface area contributed by atoms with E-state index < -0.39 is 12.1 Å². The standard InChI is InChI=1S/C13H15ClN2O3/c1-7(12(17)16-8-5-6-8)19-13(18)11-9(14)3-2-4-10(11)15/h2-4,7-8H,5-6,15H2,1H3,(H,16,17). The zero-order valence-corrected chi connectivity index (χ0v) is 11.2. The summed E-state index contributed by atoms with van der Waals surface area (Å²) in [6.45, 7) is 1.52. The van der Waals surface area contributed by atoms with Crippen molar-refractivity contribution in [2.24, 2.45) is 0 Å². The number of esters is 1. The minimum Gasteiger partial charge on any atom is -0.449 e. The Morgan fingerprint density at radius 1 is 1.47 bits per heavy atom. The molecular formula is C13H15ClN2O3. The van der Waals surface area contributed by atoms with Gasteiger partial charge in [0.1, 0.15) is 5.56 Å². The molecule has 0 heterocycles. The Hall–Kier alpha value is -1.75. The molecule has 1 saturated carbocycles. The highest BCUT2D eigenvalue weighted by Gasteiger charge is 2.28. The largest absolute Gasteiger partial charge is 0.449 e. The lowest BCUT2D eigenvalue weighted by Gasteiger charge is -2.14. The molecule has 1 fully saturated rings. The van der Waals surface area contributed by atoms with E-state index in [1.54, 1.807) is 18.2 Å². The fraction of sp³-hybridized carbons (Fsp3) is 0.385. The molecule has 1 aliphatic carbocycles. The van der Waals surface area contributed by atoms with E-state index in [1.807, 2.05) is 0 Å². The molecule has 0 aliphatic heterocycles. The van der Waals surface area contributed by atoms with Crippen molar-refractivity contribution in [1.82, 2.24) is 5.32 Å². The van der Waals surface area contributed by atoms with Crippen molar-refractivity contribution in [3.63, 3.8) is 0 Å². The van der Waals surface area contributed by atoms with E-state index in [2.05, 4.69) is 5.32 Å². The van der Waals surface area contributed by atoms with Crippen LogP contribution in [-0.4, -0.2) is 24.0 Å². The summed E-state index contributed by atoms with van der Waals surface area (Å²) in [5, 5.41) is 2.97. The molecule has 1 aliphatic rings. The van der Waals surface area contributed by atoms with Crippen LogP contribution in [0.15, 0.2) is 18.2 Å². The number of amides is 1. The second kappa shape index (κ2) is 5.48. The number of nitrogens with two attached hydrogens (primary N) is 1. The fourth-order valence-electron chi connectivity index (χ4n) is 1.58. The first kappa shape index (κ1) is 13.7. The molecule has 0 spiro atoms. The fourth-order valence-corrected chi connectivity index (χ4v) is 1.83. The zero-order valence-electron chi connectivity index (χ0n) is 10.5. The monoisotopic (exact) mass is 282 g/mol. The van der Waals surface area contributed by atoms with Crippen molar-refractivity contribution in [2.45, 2.75) is 31.9 Å². The number of hydrogen-bond acceptors (Lipinski definition) is 4. The molecular weight excluding hydrogens is 268 g/mol.